The van der Waals surface area contributed by atoms with Gasteiger partial charge in [-0.2, -0.15) is 13.2 Å². The molecule has 0 amide bonds. The number of benzene rings is 1. The maximum absolute atomic E-state index is 12.9. The standard InChI is InChI=1S/C12H10BrF3O2/c13-7-1-2-9(10(5-7)12(14,15)16)11-6-8(17)3-4-18-11/h1-2,5,11H,3-4,6H2. The van der Waals surface area contributed by atoms with E-state index in [2.05, 4.69) is 15.9 Å². The number of hydrogen-bond acceptors (Lipinski definition) is 2. The van der Waals surface area contributed by atoms with Crippen molar-refractivity contribution in [3.63, 3.8) is 0 Å². The molecule has 1 fully saturated rings. The minimum absolute atomic E-state index is 0.00467. The van der Waals surface area contributed by atoms with E-state index in [1.807, 2.05) is 0 Å². The van der Waals surface area contributed by atoms with Crippen LogP contribution >= 0.6 is 15.9 Å². The Morgan fingerprint density at radius 1 is 1.33 bits per heavy atom. The summed E-state index contributed by atoms with van der Waals surface area (Å²) in [6, 6.07) is 3.89. The van der Waals surface area contributed by atoms with Crippen molar-refractivity contribution in [3.8, 4) is 0 Å². The quantitative estimate of drug-likeness (QED) is 0.784. The van der Waals surface area contributed by atoms with Crippen molar-refractivity contribution in [2.45, 2.75) is 25.1 Å². The normalized spacial score (nSPS) is 21.1. The molecule has 1 unspecified atom stereocenters. The lowest BCUT2D eigenvalue weighted by Crippen LogP contribution is -2.22. The summed E-state index contributed by atoms with van der Waals surface area (Å²) in [7, 11) is 0. The lowest BCUT2D eigenvalue weighted by Gasteiger charge is -2.25. The molecule has 0 aliphatic carbocycles. The summed E-state index contributed by atoms with van der Waals surface area (Å²) >= 11 is 3.02. The van der Waals surface area contributed by atoms with Gasteiger partial charge in [0, 0.05) is 17.3 Å². The average Bonchev–Trinajstić information content (AvgIpc) is 2.27. The van der Waals surface area contributed by atoms with Crippen LogP contribution in [-0.4, -0.2) is 12.4 Å². The molecule has 1 saturated heterocycles. The molecule has 18 heavy (non-hydrogen) atoms. The number of carbonyl (C=O) groups excluding carboxylic acids is 1. The van der Waals surface area contributed by atoms with Gasteiger partial charge in [0.25, 0.3) is 0 Å². The summed E-state index contributed by atoms with van der Waals surface area (Å²) in [4.78, 5) is 11.3. The highest BCUT2D eigenvalue weighted by molar-refractivity contribution is 9.10. The van der Waals surface area contributed by atoms with Crippen LogP contribution in [0.5, 0.6) is 0 Å². The third kappa shape index (κ3) is 2.92. The number of Topliss-reactive ketones (excluding diaryl/α,β-unsaturated/α-hetero) is 1. The molecule has 1 atom stereocenters. The molecule has 1 aliphatic heterocycles. The van der Waals surface area contributed by atoms with Crippen LogP contribution in [0.3, 0.4) is 0 Å². The van der Waals surface area contributed by atoms with Gasteiger partial charge >= 0.3 is 6.18 Å². The van der Waals surface area contributed by atoms with Crippen LogP contribution < -0.4 is 0 Å². The highest BCUT2D eigenvalue weighted by Gasteiger charge is 2.36. The minimum Gasteiger partial charge on any atom is -0.373 e. The Morgan fingerprint density at radius 2 is 2.06 bits per heavy atom. The first-order valence-corrected chi connectivity index (χ1v) is 6.17. The molecule has 1 aliphatic rings. The molecular formula is C12H10BrF3O2. The number of rotatable bonds is 1. The first kappa shape index (κ1) is 13.5. The van der Waals surface area contributed by atoms with Crippen molar-refractivity contribution >= 4 is 21.7 Å². The molecule has 1 heterocycles. The Kier molecular flexibility index (Phi) is 3.77. The van der Waals surface area contributed by atoms with Gasteiger partial charge in [0.15, 0.2) is 0 Å². The van der Waals surface area contributed by atoms with E-state index >= 15 is 0 Å². The first-order valence-electron chi connectivity index (χ1n) is 5.38. The molecule has 98 valence electrons. The third-order valence-electron chi connectivity index (χ3n) is 2.78. The molecule has 0 N–H and O–H groups in total. The monoisotopic (exact) mass is 322 g/mol. The van der Waals surface area contributed by atoms with Crippen molar-refractivity contribution in [1.82, 2.24) is 0 Å². The fourth-order valence-corrected chi connectivity index (χ4v) is 2.30. The summed E-state index contributed by atoms with van der Waals surface area (Å²) in [5.41, 5.74) is -0.727. The van der Waals surface area contributed by atoms with Crippen LogP contribution in [0.15, 0.2) is 22.7 Å². The van der Waals surface area contributed by atoms with E-state index < -0.39 is 17.8 Å². The van der Waals surface area contributed by atoms with Crippen molar-refractivity contribution in [1.29, 1.82) is 0 Å². The molecule has 0 spiro atoms. The fourth-order valence-electron chi connectivity index (χ4n) is 1.94. The zero-order chi connectivity index (χ0) is 13.3. The van der Waals surface area contributed by atoms with Gasteiger partial charge < -0.3 is 4.74 Å². The molecule has 6 heteroatoms. The topological polar surface area (TPSA) is 26.3 Å². The molecule has 1 aromatic rings. The average molecular weight is 323 g/mol. The molecule has 0 aromatic heterocycles. The Labute approximate surface area is 110 Å². The molecule has 0 radical (unpaired) electrons. The third-order valence-corrected chi connectivity index (χ3v) is 3.27. The van der Waals surface area contributed by atoms with E-state index in [0.29, 0.717) is 4.47 Å². The molecular weight excluding hydrogens is 313 g/mol. The van der Waals surface area contributed by atoms with E-state index in [9.17, 15) is 18.0 Å². The zero-order valence-corrected chi connectivity index (χ0v) is 10.8. The number of alkyl halides is 3. The SMILES string of the molecule is O=C1CCOC(c2ccc(Br)cc2C(F)(F)F)C1. The summed E-state index contributed by atoms with van der Waals surface area (Å²) in [5, 5.41) is 0. The number of ether oxygens (including phenoxy) is 1. The second kappa shape index (κ2) is 5.01. The van der Waals surface area contributed by atoms with Crippen molar-refractivity contribution < 1.29 is 22.7 Å². The molecule has 1 aromatic carbocycles. The Hall–Kier alpha value is -0.880. The second-order valence-corrected chi connectivity index (χ2v) is 5.00. The number of ketones is 1. The summed E-state index contributed by atoms with van der Waals surface area (Å²) in [6.45, 7) is 0.177. The van der Waals surface area contributed by atoms with Crippen LogP contribution in [-0.2, 0) is 15.7 Å². The van der Waals surface area contributed by atoms with Crippen LogP contribution in [0, 0.1) is 0 Å². The van der Waals surface area contributed by atoms with Crippen LogP contribution in [0.25, 0.3) is 0 Å². The number of carbonyl (C=O) groups is 1. The van der Waals surface area contributed by atoms with Gasteiger partial charge in [0.05, 0.1) is 18.3 Å². The maximum Gasteiger partial charge on any atom is 0.416 e. The second-order valence-electron chi connectivity index (χ2n) is 4.08. The lowest BCUT2D eigenvalue weighted by molar-refractivity contribution is -0.142. The molecule has 0 saturated carbocycles. The van der Waals surface area contributed by atoms with Gasteiger partial charge in [-0.05, 0) is 17.7 Å². The van der Waals surface area contributed by atoms with Crippen LogP contribution in [0.4, 0.5) is 13.2 Å². The molecule has 2 rings (SSSR count). The van der Waals surface area contributed by atoms with Crippen LogP contribution in [0.1, 0.15) is 30.1 Å². The van der Waals surface area contributed by atoms with E-state index in [1.54, 1.807) is 0 Å². The predicted octanol–water partition coefficient (Wildman–Crippen LogP) is 3.89. The van der Waals surface area contributed by atoms with Crippen LogP contribution in [0.2, 0.25) is 0 Å². The van der Waals surface area contributed by atoms with Gasteiger partial charge in [-0.15, -0.1) is 0 Å². The molecule has 2 nitrogen and oxygen atoms in total. The van der Waals surface area contributed by atoms with Crippen molar-refractivity contribution in [2.24, 2.45) is 0 Å². The van der Waals surface area contributed by atoms with Gasteiger partial charge in [0.1, 0.15) is 5.78 Å². The van der Waals surface area contributed by atoms with E-state index in [4.69, 9.17) is 4.74 Å². The highest BCUT2D eigenvalue weighted by atomic mass is 79.9. The maximum atomic E-state index is 12.9. The Balaban J connectivity index is 2.40. The van der Waals surface area contributed by atoms with Crippen molar-refractivity contribution in [3.05, 3.63) is 33.8 Å². The first-order chi connectivity index (χ1) is 8.38. The van der Waals surface area contributed by atoms with Gasteiger partial charge in [0.2, 0.25) is 0 Å². The van der Waals surface area contributed by atoms with E-state index in [-0.39, 0.29) is 30.8 Å². The summed E-state index contributed by atoms with van der Waals surface area (Å²) in [6.07, 6.45) is -4.97. The predicted molar refractivity (Wildman–Crippen MR) is 62.1 cm³/mol. The summed E-state index contributed by atoms with van der Waals surface area (Å²) in [5.74, 6) is -0.0673. The Bertz CT molecular complexity index is 471. The lowest BCUT2D eigenvalue weighted by atomic mass is 9.96. The largest absolute Gasteiger partial charge is 0.416 e. The van der Waals surface area contributed by atoms with E-state index in [1.165, 1.54) is 12.1 Å². The van der Waals surface area contributed by atoms with Crippen molar-refractivity contribution in [2.75, 3.05) is 6.61 Å². The minimum atomic E-state index is -4.46. The number of hydrogen-bond donors (Lipinski definition) is 0. The smallest absolute Gasteiger partial charge is 0.373 e. The fraction of sp³-hybridized carbons (Fsp3) is 0.417. The summed E-state index contributed by atoms with van der Waals surface area (Å²) < 4.78 is 44.4. The van der Waals surface area contributed by atoms with E-state index in [0.717, 1.165) is 6.07 Å². The number of halogens is 4. The van der Waals surface area contributed by atoms with Gasteiger partial charge in [-0.25, -0.2) is 0 Å². The van der Waals surface area contributed by atoms with Gasteiger partial charge in [-0.1, -0.05) is 22.0 Å². The highest BCUT2D eigenvalue weighted by Crippen LogP contribution is 2.39. The zero-order valence-electron chi connectivity index (χ0n) is 9.26. The van der Waals surface area contributed by atoms with Gasteiger partial charge in [-0.3, -0.25) is 4.79 Å². The molecule has 0 bridgehead atoms. The Morgan fingerprint density at radius 3 is 2.67 bits per heavy atom.